The summed E-state index contributed by atoms with van der Waals surface area (Å²) in [6.07, 6.45) is -4.39. The molecule has 0 amide bonds. The van der Waals surface area contributed by atoms with Gasteiger partial charge in [0.25, 0.3) is 0 Å². The van der Waals surface area contributed by atoms with Crippen LogP contribution in [0.25, 0.3) is 0 Å². The van der Waals surface area contributed by atoms with Gasteiger partial charge in [0.1, 0.15) is 5.82 Å². The Labute approximate surface area is 120 Å². The lowest BCUT2D eigenvalue weighted by molar-refractivity contribution is -0.137. The van der Waals surface area contributed by atoms with Crippen LogP contribution in [0.3, 0.4) is 0 Å². The summed E-state index contributed by atoms with van der Waals surface area (Å²) in [6, 6.07) is 9.18. The van der Waals surface area contributed by atoms with Crippen molar-refractivity contribution in [3.8, 4) is 0 Å². The maximum Gasteiger partial charge on any atom is 0.416 e. The van der Waals surface area contributed by atoms with Crippen LogP contribution in [0, 0.1) is 12.7 Å². The van der Waals surface area contributed by atoms with E-state index < -0.39 is 23.1 Å². The van der Waals surface area contributed by atoms with Gasteiger partial charge in [-0.15, -0.1) is 0 Å². The van der Waals surface area contributed by atoms with E-state index in [0.29, 0.717) is 16.7 Å². The molecule has 1 atom stereocenters. The Morgan fingerprint density at radius 1 is 0.857 bits per heavy atom. The quantitative estimate of drug-likeness (QED) is 0.818. The molecule has 0 bridgehead atoms. The Balaban J connectivity index is 2.41. The zero-order chi connectivity index (χ0) is 15.8. The van der Waals surface area contributed by atoms with Crippen LogP contribution in [-0.2, 0) is 11.7 Å². The van der Waals surface area contributed by atoms with Crippen LogP contribution in [0.1, 0.15) is 29.2 Å². The molecular formula is C16H15F4N. The highest BCUT2D eigenvalue weighted by molar-refractivity contribution is 5.39. The van der Waals surface area contributed by atoms with Crippen molar-refractivity contribution in [3.63, 3.8) is 0 Å². The summed E-state index contributed by atoms with van der Waals surface area (Å²) >= 11 is 0. The number of nitrogens with two attached hydrogens (primary N) is 1. The summed E-state index contributed by atoms with van der Waals surface area (Å²) in [6.45, 7) is 3.27. The minimum atomic E-state index is -4.39. The maximum atomic E-state index is 13.6. The van der Waals surface area contributed by atoms with Crippen molar-refractivity contribution in [1.29, 1.82) is 0 Å². The molecule has 2 aromatic carbocycles. The second-order valence-corrected chi connectivity index (χ2v) is 5.24. The summed E-state index contributed by atoms with van der Waals surface area (Å²) in [5.74, 6) is -0.393. The van der Waals surface area contributed by atoms with Gasteiger partial charge in [0.2, 0.25) is 0 Å². The van der Waals surface area contributed by atoms with E-state index in [0.717, 1.165) is 12.1 Å². The molecule has 112 valence electrons. The van der Waals surface area contributed by atoms with E-state index in [4.69, 9.17) is 5.73 Å². The molecular weight excluding hydrogens is 282 g/mol. The number of hydrogen-bond acceptors (Lipinski definition) is 1. The van der Waals surface area contributed by atoms with Gasteiger partial charge >= 0.3 is 6.18 Å². The molecule has 2 rings (SSSR count). The van der Waals surface area contributed by atoms with Crippen molar-refractivity contribution in [2.24, 2.45) is 5.73 Å². The maximum absolute atomic E-state index is 13.6. The molecule has 0 aliphatic carbocycles. The largest absolute Gasteiger partial charge is 0.416 e. The van der Waals surface area contributed by atoms with Crippen LogP contribution < -0.4 is 5.73 Å². The fraction of sp³-hybridized carbons (Fsp3) is 0.250. The first kappa shape index (κ1) is 15.5. The summed E-state index contributed by atoms with van der Waals surface area (Å²) in [7, 11) is 0. The monoisotopic (exact) mass is 297 g/mol. The molecule has 0 radical (unpaired) electrons. The van der Waals surface area contributed by atoms with Crippen LogP contribution in [0.2, 0.25) is 0 Å². The van der Waals surface area contributed by atoms with Crippen molar-refractivity contribution < 1.29 is 17.6 Å². The van der Waals surface area contributed by atoms with Crippen LogP contribution in [0.15, 0.2) is 42.5 Å². The Kier molecular flexibility index (Phi) is 3.80. The molecule has 0 aliphatic heterocycles. The number of aryl methyl sites for hydroxylation is 1. The highest BCUT2D eigenvalue weighted by Crippen LogP contribution is 2.32. The van der Waals surface area contributed by atoms with Crippen molar-refractivity contribution in [1.82, 2.24) is 0 Å². The SMILES string of the molecule is Cc1ccc(C(C)(N)c2ccc(C(F)(F)F)cc2)cc1F. The van der Waals surface area contributed by atoms with Crippen LogP contribution >= 0.6 is 0 Å². The third-order valence-corrected chi connectivity index (χ3v) is 3.58. The van der Waals surface area contributed by atoms with Gasteiger partial charge in [0, 0.05) is 0 Å². The molecule has 0 fully saturated rings. The highest BCUT2D eigenvalue weighted by atomic mass is 19.4. The van der Waals surface area contributed by atoms with Gasteiger partial charge in [-0.25, -0.2) is 4.39 Å². The normalized spacial score (nSPS) is 14.8. The van der Waals surface area contributed by atoms with Gasteiger partial charge in [0.15, 0.2) is 0 Å². The Morgan fingerprint density at radius 2 is 1.33 bits per heavy atom. The number of alkyl halides is 3. The van der Waals surface area contributed by atoms with E-state index in [-0.39, 0.29) is 0 Å². The zero-order valence-electron chi connectivity index (χ0n) is 11.6. The minimum absolute atomic E-state index is 0.393. The summed E-state index contributed by atoms with van der Waals surface area (Å²) in [5, 5.41) is 0. The first-order valence-corrected chi connectivity index (χ1v) is 6.35. The molecule has 1 unspecified atom stereocenters. The van der Waals surface area contributed by atoms with E-state index in [1.54, 1.807) is 26.0 Å². The molecule has 0 aliphatic rings. The van der Waals surface area contributed by atoms with Gasteiger partial charge in [-0.1, -0.05) is 24.3 Å². The first-order valence-electron chi connectivity index (χ1n) is 6.35. The number of hydrogen-bond donors (Lipinski definition) is 1. The second-order valence-electron chi connectivity index (χ2n) is 5.24. The third kappa shape index (κ3) is 3.08. The number of halogens is 4. The van der Waals surface area contributed by atoms with Crippen molar-refractivity contribution in [3.05, 3.63) is 70.5 Å². The average Bonchev–Trinajstić information content (AvgIpc) is 2.41. The van der Waals surface area contributed by atoms with E-state index in [9.17, 15) is 17.6 Å². The Hall–Kier alpha value is -1.88. The third-order valence-electron chi connectivity index (χ3n) is 3.58. The molecule has 2 N–H and O–H groups in total. The molecule has 0 saturated heterocycles. The lowest BCUT2D eigenvalue weighted by Gasteiger charge is -2.26. The standard InChI is InChI=1S/C16H15F4N/c1-10-3-4-13(9-14(10)17)15(2,21)11-5-7-12(8-6-11)16(18,19)20/h3-9H,21H2,1-2H3. The second kappa shape index (κ2) is 5.15. The van der Waals surface area contributed by atoms with E-state index in [2.05, 4.69) is 0 Å². The average molecular weight is 297 g/mol. The van der Waals surface area contributed by atoms with Crippen LogP contribution in [0.5, 0.6) is 0 Å². The lowest BCUT2D eigenvalue weighted by atomic mass is 9.85. The molecule has 0 aromatic heterocycles. The van der Waals surface area contributed by atoms with Gasteiger partial charge in [-0.05, 0) is 48.7 Å². The van der Waals surface area contributed by atoms with E-state index in [1.807, 2.05) is 0 Å². The molecule has 21 heavy (non-hydrogen) atoms. The smallest absolute Gasteiger partial charge is 0.318 e. The molecule has 0 saturated carbocycles. The van der Waals surface area contributed by atoms with E-state index in [1.165, 1.54) is 18.2 Å². The van der Waals surface area contributed by atoms with Gasteiger partial charge < -0.3 is 5.73 Å². The summed E-state index contributed by atoms with van der Waals surface area (Å²) in [5.41, 5.74) is 5.86. The van der Waals surface area contributed by atoms with Crippen molar-refractivity contribution in [2.45, 2.75) is 25.6 Å². The fourth-order valence-electron chi connectivity index (χ4n) is 2.09. The molecule has 1 nitrogen and oxygen atoms in total. The first-order chi connectivity index (χ1) is 9.62. The van der Waals surface area contributed by atoms with Crippen LogP contribution in [-0.4, -0.2) is 0 Å². The van der Waals surface area contributed by atoms with Crippen molar-refractivity contribution in [2.75, 3.05) is 0 Å². The molecule has 5 heteroatoms. The predicted molar refractivity (Wildman–Crippen MR) is 73.2 cm³/mol. The summed E-state index contributed by atoms with van der Waals surface area (Å²) < 4.78 is 51.3. The lowest BCUT2D eigenvalue weighted by Crippen LogP contribution is -2.34. The van der Waals surface area contributed by atoms with E-state index >= 15 is 0 Å². The summed E-state index contributed by atoms with van der Waals surface area (Å²) in [4.78, 5) is 0. The number of benzene rings is 2. The van der Waals surface area contributed by atoms with Gasteiger partial charge in [-0.3, -0.25) is 0 Å². The topological polar surface area (TPSA) is 26.0 Å². The van der Waals surface area contributed by atoms with Crippen LogP contribution in [0.4, 0.5) is 17.6 Å². The van der Waals surface area contributed by atoms with Gasteiger partial charge in [0.05, 0.1) is 11.1 Å². The predicted octanol–water partition coefficient (Wildman–Crippen LogP) is 4.38. The minimum Gasteiger partial charge on any atom is -0.318 e. The molecule has 2 aromatic rings. The number of rotatable bonds is 2. The zero-order valence-corrected chi connectivity index (χ0v) is 11.6. The Morgan fingerprint density at radius 3 is 1.81 bits per heavy atom. The Bertz CT molecular complexity index is 642. The molecule has 0 heterocycles. The fourth-order valence-corrected chi connectivity index (χ4v) is 2.09. The van der Waals surface area contributed by atoms with Gasteiger partial charge in [-0.2, -0.15) is 13.2 Å². The molecule has 0 spiro atoms. The highest BCUT2D eigenvalue weighted by Gasteiger charge is 2.31. The van der Waals surface area contributed by atoms with Crippen molar-refractivity contribution >= 4 is 0 Å².